The van der Waals surface area contributed by atoms with Crippen molar-refractivity contribution < 1.29 is 18.3 Å². The molecule has 0 spiro atoms. The van der Waals surface area contributed by atoms with E-state index in [1.54, 1.807) is 19.9 Å². The van der Waals surface area contributed by atoms with Gasteiger partial charge in [0.1, 0.15) is 23.3 Å². The van der Waals surface area contributed by atoms with E-state index in [4.69, 9.17) is 4.74 Å². The minimum Gasteiger partial charge on any atom is -0.493 e. The molecule has 35 heavy (non-hydrogen) atoms. The highest BCUT2D eigenvalue weighted by Crippen LogP contribution is 2.27. The molecule has 7 heteroatoms. The Hall–Kier alpha value is -2.98. The first-order valence-corrected chi connectivity index (χ1v) is 12.4. The third-order valence-electron chi connectivity index (χ3n) is 6.84. The number of piperidine rings is 1. The smallest absolute Gasteiger partial charge is 0.257 e. The number of nitrogens with zero attached hydrogens (tertiary/aromatic N) is 3. The summed E-state index contributed by atoms with van der Waals surface area (Å²) in [5, 5.41) is 9.21. The summed E-state index contributed by atoms with van der Waals surface area (Å²) in [5.74, 6) is 0.189. The molecular formula is C28H33F2N3O2. The van der Waals surface area contributed by atoms with Crippen molar-refractivity contribution in [3.05, 3.63) is 53.8 Å². The molecule has 0 aromatic heterocycles. The van der Waals surface area contributed by atoms with Crippen molar-refractivity contribution >= 4 is 5.91 Å². The first-order chi connectivity index (χ1) is 16.7. The van der Waals surface area contributed by atoms with E-state index in [-0.39, 0.29) is 5.56 Å². The number of rotatable bonds is 7. The van der Waals surface area contributed by atoms with E-state index in [0.29, 0.717) is 37.6 Å². The standard InChI is InChI=1S/C28H33F2N3O2/c1-28(2,30)19-32-14-11-20(12-15-32)18-35-24-8-5-21(6-9-24)22-7-10-25(26(29)16-22)27(34)33-13-3-4-23(33)17-31/h5-10,16,20,23H,3-4,11-15,18-19H2,1-2H3/t23-/m0/s1. The van der Waals surface area contributed by atoms with E-state index in [1.165, 1.54) is 17.0 Å². The highest BCUT2D eigenvalue weighted by atomic mass is 19.1. The van der Waals surface area contributed by atoms with Crippen LogP contribution >= 0.6 is 0 Å². The number of ether oxygens (including phenoxy) is 1. The monoisotopic (exact) mass is 481 g/mol. The molecule has 0 aliphatic carbocycles. The Balaban J connectivity index is 1.31. The van der Waals surface area contributed by atoms with Gasteiger partial charge >= 0.3 is 0 Å². The van der Waals surface area contributed by atoms with Crippen molar-refractivity contribution in [3.8, 4) is 22.9 Å². The Kier molecular flexibility index (Phi) is 7.71. The van der Waals surface area contributed by atoms with Crippen molar-refractivity contribution in [2.45, 2.75) is 51.2 Å². The molecule has 2 heterocycles. The second-order valence-corrected chi connectivity index (χ2v) is 10.3. The van der Waals surface area contributed by atoms with Crippen LogP contribution in [0, 0.1) is 23.1 Å². The fraction of sp³-hybridized carbons (Fsp3) is 0.500. The highest BCUT2D eigenvalue weighted by Gasteiger charge is 2.30. The zero-order valence-electron chi connectivity index (χ0n) is 20.5. The molecule has 186 valence electrons. The molecule has 2 aliphatic rings. The molecule has 5 nitrogen and oxygen atoms in total. The van der Waals surface area contributed by atoms with Gasteiger partial charge in [-0.2, -0.15) is 5.26 Å². The molecule has 0 saturated carbocycles. The van der Waals surface area contributed by atoms with Gasteiger partial charge < -0.3 is 14.5 Å². The molecule has 0 N–H and O–H groups in total. The average molecular weight is 482 g/mol. The summed E-state index contributed by atoms with van der Waals surface area (Å²) in [5.41, 5.74) is 0.329. The summed E-state index contributed by atoms with van der Waals surface area (Å²) in [6.07, 6.45) is 3.37. The van der Waals surface area contributed by atoms with E-state index >= 15 is 0 Å². The molecule has 2 aromatic carbocycles. The van der Waals surface area contributed by atoms with Crippen LogP contribution in [0.25, 0.3) is 11.1 Å². The van der Waals surface area contributed by atoms with Crippen molar-refractivity contribution in [1.82, 2.24) is 9.80 Å². The molecule has 0 radical (unpaired) electrons. The largest absolute Gasteiger partial charge is 0.493 e. The van der Waals surface area contributed by atoms with Gasteiger partial charge in [0.05, 0.1) is 18.2 Å². The number of likely N-dealkylation sites (tertiary alicyclic amines) is 2. The minimum atomic E-state index is -1.17. The molecule has 2 aromatic rings. The van der Waals surface area contributed by atoms with Crippen LogP contribution in [0.5, 0.6) is 5.75 Å². The zero-order valence-corrected chi connectivity index (χ0v) is 20.5. The van der Waals surface area contributed by atoms with Crippen LogP contribution in [0.3, 0.4) is 0 Å². The normalized spacial score (nSPS) is 19.5. The summed E-state index contributed by atoms with van der Waals surface area (Å²) >= 11 is 0. The van der Waals surface area contributed by atoms with Crippen LogP contribution in [-0.2, 0) is 0 Å². The van der Waals surface area contributed by atoms with Gasteiger partial charge in [0.15, 0.2) is 0 Å². The summed E-state index contributed by atoms with van der Waals surface area (Å²) < 4.78 is 34.6. The average Bonchev–Trinajstić information content (AvgIpc) is 3.31. The van der Waals surface area contributed by atoms with Crippen LogP contribution in [0.4, 0.5) is 8.78 Å². The second-order valence-electron chi connectivity index (χ2n) is 10.3. The number of hydrogen-bond acceptors (Lipinski definition) is 4. The second kappa shape index (κ2) is 10.7. The predicted octanol–water partition coefficient (Wildman–Crippen LogP) is 5.46. The van der Waals surface area contributed by atoms with E-state index in [2.05, 4.69) is 11.0 Å². The summed E-state index contributed by atoms with van der Waals surface area (Å²) in [6.45, 7) is 6.59. The van der Waals surface area contributed by atoms with E-state index < -0.39 is 23.4 Å². The maximum absolute atomic E-state index is 14.8. The number of alkyl halides is 1. The maximum Gasteiger partial charge on any atom is 0.257 e. The first-order valence-electron chi connectivity index (χ1n) is 12.4. The summed E-state index contributed by atoms with van der Waals surface area (Å²) in [6, 6.07) is 13.7. The van der Waals surface area contributed by atoms with Crippen molar-refractivity contribution in [2.24, 2.45) is 5.92 Å². The number of carbonyl (C=O) groups excluding carboxylic acids is 1. The van der Waals surface area contributed by atoms with Gasteiger partial charge in [-0.15, -0.1) is 0 Å². The van der Waals surface area contributed by atoms with Gasteiger partial charge in [-0.25, -0.2) is 8.78 Å². The number of nitriles is 1. The Morgan fingerprint density at radius 1 is 1.09 bits per heavy atom. The number of amides is 1. The Bertz CT molecular complexity index is 1070. The van der Waals surface area contributed by atoms with Crippen LogP contribution in [0.15, 0.2) is 42.5 Å². The van der Waals surface area contributed by atoms with Crippen LogP contribution in [-0.4, -0.2) is 60.2 Å². The van der Waals surface area contributed by atoms with Crippen molar-refractivity contribution in [1.29, 1.82) is 5.26 Å². The Labute approximate surface area is 206 Å². The van der Waals surface area contributed by atoms with Crippen LogP contribution < -0.4 is 4.74 Å². The van der Waals surface area contributed by atoms with Crippen LogP contribution in [0.1, 0.15) is 49.9 Å². The predicted molar refractivity (Wildman–Crippen MR) is 131 cm³/mol. The molecule has 1 amide bonds. The van der Waals surface area contributed by atoms with Gasteiger partial charge in [-0.05, 0) is 93.9 Å². The van der Waals surface area contributed by atoms with Crippen molar-refractivity contribution in [2.75, 3.05) is 32.8 Å². The van der Waals surface area contributed by atoms with E-state index in [0.717, 1.165) is 43.7 Å². The lowest BCUT2D eigenvalue weighted by Crippen LogP contribution is -2.41. The molecule has 2 fully saturated rings. The Morgan fingerprint density at radius 2 is 1.77 bits per heavy atom. The molecule has 1 atom stereocenters. The topological polar surface area (TPSA) is 56.6 Å². The first kappa shape index (κ1) is 25.1. The molecule has 2 saturated heterocycles. The zero-order chi connectivity index (χ0) is 25.0. The third-order valence-corrected chi connectivity index (χ3v) is 6.84. The summed E-state index contributed by atoms with van der Waals surface area (Å²) in [7, 11) is 0. The van der Waals surface area contributed by atoms with Gasteiger partial charge in [0.25, 0.3) is 5.91 Å². The molecule has 0 unspecified atom stereocenters. The molecule has 4 rings (SSSR count). The van der Waals surface area contributed by atoms with Crippen LogP contribution in [0.2, 0.25) is 0 Å². The summed E-state index contributed by atoms with van der Waals surface area (Å²) in [4.78, 5) is 16.3. The van der Waals surface area contributed by atoms with E-state index in [1.807, 2.05) is 24.3 Å². The number of halogens is 2. The fourth-order valence-electron chi connectivity index (χ4n) is 4.97. The third kappa shape index (κ3) is 6.37. The van der Waals surface area contributed by atoms with Gasteiger partial charge in [0.2, 0.25) is 0 Å². The maximum atomic E-state index is 14.8. The Morgan fingerprint density at radius 3 is 2.40 bits per heavy atom. The van der Waals surface area contributed by atoms with Crippen molar-refractivity contribution in [3.63, 3.8) is 0 Å². The molecular weight excluding hydrogens is 448 g/mol. The van der Waals surface area contributed by atoms with Gasteiger partial charge in [0, 0.05) is 13.1 Å². The fourth-order valence-corrected chi connectivity index (χ4v) is 4.97. The van der Waals surface area contributed by atoms with Gasteiger partial charge in [-0.1, -0.05) is 18.2 Å². The minimum absolute atomic E-state index is 0.00280. The van der Waals surface area contributed by atoms with E-state index in [9.17, 15) is 18.8 Å². The molecule has 0 bridgehead atoms. The number of benzene rings is 2. The number of hydrogen-bond donors (Lipinski definition) is 0. The molecule has 2 aliphatic heterocycles. The quantitative estimate of drug-likeness (QED) is 0.527. The lowest BCUT2D eigenvalue weighted by molar-refractivity contribution is 0.0760. The highest BCUT2D eigenvalue weighted by molar-refractivity contribution is 5.95. The lowest BCUT2D eigenvalue weighted by Gasteiger charge is -2.34. The lowest BCUT2D eigenvalue weighted by atomic mass is 9.97. The number of carbonyl (C=O) groups is 1. The van der Waals surface area contributed by atoms with Gasteiger partial charge in [-0.3, -0.25) is 4.79 Å². The SMILES string of the molecule is CC(C)(F)CN1CCC(COc2ccc(-c3ccc(C(=O)N4CCC[C@H]4C#N)c(F)c3)cc2)CC1.